The number of hydrogen-bond donors (Lipinski definition) is 6. The monoisotopic (exact) mass is 506 g/mol. The number of rotatable bonds is 3. The molecule has 1 heterocycles. The second-order valence-electron chi connectivity index (χ2n) is 5.48. The van der Waals surface area contributed by atoms with Crippen LogP contribution in [0, 0.1) is 4.77 Å². The van der Waals surface area contributed by atoms with Crippen LogP contribution >= 0.6 is 24.4 Å². The molecule has 160 valence electrons. The Kier molecular flexibility index (Phi) is 13.7. The number of ether oxygens (including phenoxy) is 1. The van der Waals surface area contributed by atoms with Gasteiger partial charge in [0, 0.05) is 4.38 Å². The number of hydrogen-bond acceptors (Lipinski definition) is 8. The van der Waals surface area contributed by atoms with E-state index in [0.29, 0.717) is 28.3 Å². The van der Waals surface area contributed by atoms with Gasteiger partial charge in [0.1, 0.15) is 0 Å². The Labute approximate surface area is 236 Å². The summed E-state index contributed by atoms with van der Waals surface area (Å²) in [6, 6.07) is 8.98. The molecule has 0 saturated heterocycles. The van der Waals surface area contributed by atoms with Crippen LogP contribution in [-0.2, 0) is 17.4 Å². The average molecular weight is 507 g/mol. The first-order valence-corrected chi connectivity index (χ1v) is 9.45. The van der Waals surface area contributed by atoms with Gasteiger partial charge in [0.05, 0.1) is 40.1 Å². The number of nitrogens with one attached hydrogen (secondary N) is 2. The van der Waals surface area contributed by atoms with Gasteiger partial charge in [0.2, 0.25) is 0 Å². The molecule has 0 saturated carbocycles. The third-order valence-electron chi connectivity index (χ3n) is 3.36. The normalized spacial score (nSPS) is 9.19. The Morgan fingerprint density at radius 3 is 1.97 bits per heavy atom. The van der Waals surface area contributed by atoms with Crippen molar-refractivity contribution in [3.8, 4) is 0 Å². The van der Waals surface area contributed by atoms with Crippen molar-refractivity contribution in [2.45, 2.75) is 6.92 Å². The van der Waals surface area contributed by atoms with E-state index in [1.165, 1.54) is 24.3 Å². The maximum Gasteiger partial charge on any atom is 1.00 e. The third-order valence-corrected chi connectivity index (χ3v) is 3.80. The van der Waals surface area contributed by atoms with Crippen molar-refractivity contribution in [3.05, 3.63) is 52.3 Å². The number of carboxylic acids is 2. The molecule has 9 nitrogen and oxygen atoms in total. The van der Waals surface area contributed by atoms with E-state index in [1.54, 1.807) is 12.1 Å². The standard InChI is InChI=1S/C8H6N2O2S.C7H8N2O2.C3H6OS2.K/c11-7(12)4-1-2-5-6(3-4)10-8(13)9-5;8-5-2-1-4(7(10)11)3-6(5)9;1-2-4-3(5)6;/h1-3H,(H,11,12)(H2,9,10,13);1-3H,8-9H2,(H,10,11);2H2,1H3,(H,5,6);/q;;;+1/p-1. The van der Waals surface area contributed by atoms with Crippen molar-refractivity contribution < 1.29 is 75.9 Å². The average Bonchev–Trinajstić information content (AvgIpc) is 3.03. The van der Waals surface area contributed by atoms with Gasteiger partial charge in [0.15, 0.2) is 4.77 Å². The zero-order valence-electron chi connectivity index (χ0n) is 16.7. The Hall–Kier alpha value is -1.58. The quantitative estimate of drug-likeness (QED) is 0.126. The predicted molar refractivity (Wildman–Crippen MR) is 124 cm³/mol. The van der Waals surface area contributed by atoms with Crippen molar-refractivity contribution in [2.75, 3.05) is 18.1 Å². The summed E-state index contributed by atoms with van der Waals surface area (Å²) in [4.78, 5) is 26.7. The topological polar surface area (TPSA) is 167 Å². The zero-order chi connectivity index (χ0) is 22.8. The smallest absolute Gasteiger partial charge is 0.514 e. The van der Waals surface area contributed by atoms with Crippen LogP contribution in [0.1, 0.15) is 27.6 Å². The fourth-order valence-corrected chi connectivity index (χ4v) is 2.45. The molecule has 2 aromatic carbocycles. The van der Waals surface area contributed by atoms with Crippen molar-refractivity contribution in [2.24, 2.45) is 0 Å². The minimum absolute atomic E-state index is 0. The van der Waals surface area contributed by atoms with Crippen LogP contribution in [0.4, 0.5) is 11.4 Å². The molecule has 0 unspecified atom stereocenters. The molecule has 13 heteroatoms. The summed E-state index contributed by atoms with van der Waals surface area (Å²) in [5, 5.41) is 17.2. The number of anilines is 2. The molecular weight excluding hydrogens is 488 g/mol. The zero-order valence-corrected chi connectivity index (χ0v) is 22.2. The van der Waals surface area contributed by atoms with Gasteiger partial charge in [-0.2, -0.15) is 0 Å². The number of carboxylic acid groups (broad SMARTS) is 2. The summed E-state index contributed by atoms with van der Waals surface area (Å²) in [6.45, 7) is 2.43. The summed E-state index contributed by atoms with van der Waals surface area (Å²) in [6.07, 6.45) is 0. The molecule has 0 aliphatic carbocycles. The van der Waals surface area contributed by atoms with E-state index < -0.39 is 11.9 Å². The molecule has 3 rings (SSSR count). The van der Waals surface area contributed by atoms with Gasteiger partial charge in [0.25, 0.3) is 0 Å². The van der Waals surface area contributed by atoms with Crippen molar-refractivity contribution in [1.82, 2.24) is 9.97 Å². The Balaban J connectivity index is 0.000000458. The van der Waals surface area contributed by atoms with E-state index in [-0.39, 0.29) is 66.9 Å². The number of imidazole rings is 1. The number of aromatic carboxylic acids is 2. The molecule has 3 aromatic rings. The van der Waals surface area contributed by atoms with Gasteiger partial charge in [-0.15, -0.1) is 0 Å². The van der Waals surface area contributed by atoms with E-state index in [4.69, 9.17) is 33.9 Å². The fourth-order valence-electron chi connectivity index (χ4n) is 1.99. The molecule has 31 heavy (non-hydrogen) atoms. The maximum absolute atomic E-state index is 10.6. The Bertz CT molecular complexity index is 1120. The van der Waals surface area contributed by atoms with E-state index in [2.05, 4.69) is 39.6 Å². The molecule has 0 atom stereocenters. The number of thiocarbonyl (C=S) groups is 1. The molecule has 8 N–H and O–H groups in total. The number of nitrogens with two attached hydrogens (primary N) is 2. The van der Waals surface area contributed by atoms with Crippen LogP contribution in [0.2, 0.25) is 0 Å². The van der Waals surface area contributed by atoms with Gasteiger partial charge in [-0.05, 0) is 55.5 Å². The van der Waals surface area contributed by atoms with Gasteiger partial charge in [-0.25, -0.2) is 9.59 Å². The first-order chi connectivity index (χ1) is 14.0. The van der Waals surface area contributed by atoms with E-state index in [1.807, 2.05) is 6.92 Å². The Morgan fingerprint density at radius 1 is 1.00 bits per heavy atom. The fraction of sp³-hybridized carbons (Fsp3) is 0.111. The van der Waals surface area contributed by atoms with Crippen molar-refractivity contribution in [3.63, 3.8) is 0 Å². The summed E-state index contributed by atoms with van der Waals surface area (Å²) in [7, 11) is 0. The first-order valence-electron chi connectivity index (χ1n) is 8.22. The Morgan fingerprint density at radius 2 is 1.52 bits per heavy atom. The van der Waals surface area contributed by atoms with Gasteiger partial charge < -0.3 is 61.2 Å². The van der Waals surface area contributed by atoms with Crippen LogP contribution in [-0.4, -0.2) is 43.1 Å². The molecule has 0 radical (unpaired) electrons. The van der Waals surface area contributed by atoms with Crippen LogP contribution < -0.4 is 62.9 Å². The molecule has 1 aromatic heterocycles. The second kappa shape index (κ2) is 14.5. The first kappa shape index (κ1) is 29.4. The predicted octanol–water partition coefficient (Wildman–Crippen LogP) is 0.332. The minimum Gasteiger partial charge on any atom is -0.514 e. The number of benzene rings is 2. The van der Waals surface area contributed by atoms with Crippen molar-refractivity contribution >= 4 is 75.8 Å². The number of nitrogen functional groups attached to an aromatic ring is 2. The number of fused-ring (bicyclic) bond motifs is 1. The number of carbonyl (C=O) groups is 2. The van der Waals surface area contributed by atoms with E-state index in [9.17, 15) is 9.59 Å². The SMILES string of the molecule is CCOC(=S)[S-].Nc1ccc(C(=O)O)cc1N.O=C(O)c1ccc2[nH]c(=S)[nH]c2c1.[K+]. The van der Waals surface area contributed by atoms with Crippen LogP contribution in [0.15, 0.2) is 36.4 Å². The molecule has 0 aliphatic heterocycles. The number of H-pyrrole nitrogens is 2. The second-order valence-corrected chi connectivity index (χ2v) is 6.88. The molecule has 0 fully saturated rings. The number of aromatic amines is 2. The van der Waals surface area contributed by atoms with E-state index >= 15 is 0 Å². The number of aromatic nitrogens is 2. The summed E-state index contributed by atoms with van der Waals surface area (Å²) >= 11 is 13.6. The summed E-state index contributed by atoms with van der Waals surface area (Å²) < 4.78 is 5.29. The minimum atomic E-state index is -1.00. The van der Waals surface area contributed by atoms with E-state index in [0.717, 1.165) is 5.52 Å². The molecule has 0 bridgehead atoms. The maximum atomic E-state index is 10.6. The summed E-state index contributed by atoms with van der Waals surface area (Å²) in [5.41, 5.74) is 13.4. The van der Waals surface area contributed by atoms with Crippen LogP contribution in [0.5, 0.6) is 0 Å². The third kappa shape index (κ3) is 10.5. The molecule has 0 amide bonds. The van der Waals surface area contributed by atoms with Crippen LogP contribution in [0.3, 0.4) is 0 Å². The largest absolute Gasteiger partial charge is 1.00 e. The van der Waals surface area contributed by atoms with Crippen LogP contribution in [0.25, 0.3) is 11.0 Å². The molecular formula is C18H19KN4O5S3. The van der Waals surface area contributed by atoms with Gasteiger partial charge >= 0.3 is 63.3 Å². The molecule has 0 aliphatic rings. The van der Waals surface area contributed by atoms with Gasteiger partial charge in [-0.3, -0.25) is 0 Å². The van der Waals surface area contributed by atoms with Crippen molar-refractivity contribution in [1.29, 1.82) is 0 Å². The summed E-state index contributed by atoms with van der Waals surface area (Å²) in [5.74, 6) is -1.95. The van der Waals surface area contributed by atoms with Gasteiger partial charge in [-0.1, -0.05) is 0 Å². The molecule has 0 spiro atoms.